The Morgan fingerprint density at radius 2 is 2.00 bits per heavy atom. The van der Waals surface area contributed by atoms with Gasteiger partial charge in [-0.05, 0) is 25.8 Å². The van der Waals surface area contributed by atoms with Crippen molar-refractivity contribution in [1.82, 2.24) is 9.80 Å². The summed E-state index contributed by atoms with van der Waals surface area (Å²) in [6, 6.07) is 0. The van der Waals surface area contributed by atoms with Crippen LogP contribution in [0.5, 0.6) is 0 Å². The van der Waals surface area contributed by atoms with Gasteiger partial charge in [-0.2, -0.15) is 0 Å². The highest BCUT2D eigenvalue weighted by molar-refractivity contribution is 5.68. The standard InChI is InChI=1S/C14H26N2O2/c1-3-12-5-4-6-14(12,11-13(17)18)16-9-7-15(2)8-10-16/h12H,3-11H2,1-2H3,(H,17,18). The Hall–Kier alpha value is -0.610. The van der Waals surface area contributed by atoms with E-state index in [-0.39, 0.29) is 5.54 Å². The van der Waals surface area contributed by atoms with Crippen LogP contribution in [0.15, 0.2) is 0 Å². The molecule has 0 bridgehead atoms. The minimum absolute atomic E-state index is 0.0537. The van der Waals surface area contributed by atoms with Gasteiger partial charge in [-0.3, -0.25) is 9.69 Å². The maximum atomic E-state index is 11.3. The lowest BCUT2D eigenvalue weighted by Gasteiger charge is -2.48. The predicted molar refractivity (Wildman–Crippen MR) is 71.7 cm³/mol. The molecule has 1 aliphatic carbocycles. The quantitative estimate of drug-likeness (QED) is 0.828. The molecular formula is C14H26N2O2. The fourth-order valence-electron chi connectivity index (χ4n) is 3.99. The van der Waals surface area contributed by atoms with E-state index in [1.165, 1.54) is 12.8 Å². The molecule has 2 fully saturated rings. The number of piperazine rings is 1. The summed E-state index contributed by atoms with van der Waals surface area (Å²) in [6.07, 6.45) is 4.91. The van der Waals surface area contributed by atoms with Crippen LogP contribution >= 0.6 is 0 Å². The molecule has 0 radical (unpaired) electrons. The van der Waals surface area contributed by atoms with Gasteiger partial charge in [0.2, 0.25) is 0 Å². The van der Waals surface area contributed by atoms with Crippen LogP contribution < -0.4 is 0 Å². The van der Waals surface area contributed by atoms with Gasteiger partial charge in [0.1, 0.15) is 0 Å². The molecule has 1 aliphatic heterocycles. The van der Waals surface area contributed by atoms with Crippen molar-refractivity contribution in [1.29, 1.82) is 0 Å². The highest BCUT2D eigenvalue weighted by atomic mass is 16.4. The van der Waals surface area contributed by atoms with E-state index in [4.69, 9.17) is 0 Å². The topological polar surface area (TPSA) is 43.8 Å². The molecule has 2 atom stereocenters. The predicted octanol–water partition coefficient (Wildman–Crippen LogP) is 1.66. The molecule has 0 amide bonds. The smallest absolute Gasteiger partial charge is 0.305 e. The van der Waals surface area contributed by atoms with Crippen molar-refractivity contribution in [2.24, 2.45) is 5.92 Å². The van der Waals surface area contributed by atoms with Gasteiger partial charge in [-0.1, -0.05) is 19.8 Å². The van der Waals surface area contributed by atoms with Gasteiger partial charge in [-0.15, -0.1) is 0 Å². The van der Waals surface area contributed by atoms with E-state index in [0.717, 1.165) is 39.0 Å². The van der Waals surface area contributed by atoms with Gasteiger partial charge in [0.15, 0.2) is 0 Å². The van der Waals surface area contributed by atoms with Crippen LogP contribution in [0.2, 0.25) is 0 Å². The molecule has 0 aromatic carbocycles. The molecule has 2 unspecified atom stereocenters. The van der Waals surface area contributed by atoms with E-state index in [1.807, 2.05) is 0 Å². The molecule has 4 nitrogen and oxygen atoms in total. The second kappa shape index (κ2) is 5.57. The maximum absolute atomic E-state index is 11.3. The first kappa shape index (κ1) is 13.8. The Morgan fingerprint density at radius 1 is 1.33 bits per heavy atom. The van der Waals surface area contributed by atoms with Crippen LogP contribution in [0.1, 0.15) is 39.0 Å². The third kappa shape index (κ3) is 2.54. The molecule has 104 valence electrons. The Kier molecular flexibility index (Phi) is 4.28. The molecule has 1 heterocycles. The first-order valence-corrected chi connectivity index (χ1v) is 7.24. The number of hydrogen-bond donors (Lipinski definition) is 1. The number of hydrogen-bond acceptors (Lipinski definition) is 3. The second-order valence-corrected chi connectivity index (χ2v) is 5.96. The number of nitrogens with zero attached hydrogens (tertiary/aromatic N) is 2. The summed E-state index contributed by atoms with van der Waals surface area (Å²) in [5.41, 5.74) is -0.0537. The first-order valence-electron chi connectivity index (χ1n) is 7.24. The summed E-state index contributed by atoms with van der Waals surface area (Å²) in [4.78, 5) is 16.1. The van der Waals surface area contributed by atoms with Crippen LogP contribution in [0.3, 0.4) is 0 Å². The van der Waals surface area contributed by atoms with Crippen molar-refractivity contribution in [3.8, 4) is 0 Å². The minimum Gasteiger partial charge on any atom is -0.481 e. The number of carbonyl (C=O) groups is 1. The normalized spacial score (nSPS) is 34.9. The molecule has 18 heavy (non-hydrogen) atoms. The third-order valence-corrected chi connectivity index (χ3v) is 5.01. The van der Waals surface area contributed by atoms with Gasteiger partial charge < -0.3 is 10.0 Å². The highest BCUT2D eigenvalue weighted by Crippen LogP contribution is 2.45. The summed E-state index contributed by atoms with van der Waals surface area (Å²) in [7, 11) is 2.15. The lowest BCUT2D eigenvalue weighted by molar-refractivity contribution is -0.142. The molecule has 0 aromatic heterocycles. The van der Waals surface area contributed by atoms with Gasteiger partial charge >= 0.3 is 5.97 Å². The Morgan fingerprint density at radius 3 is 2.56 bits per heavy atom. The van der Waals surface area contributed by atoms with Crippen molar-refractivity contribution in [2.75, 3.05) is 33.2 Å². The zero-order chi connectivity index (χ0) is 13.2. The SMILES string of the molecule is CCC1CCCC1(CC(=O)O)N1CCN(C)CC1. The van der Waals surface area contributed by atoms with Gasteiger partial charge in [0, 0.05) is 31.7 Å². The summed E-state index contributed by atoms with van der Waals surface area (Å²) >= 11 is 0. The summed E-state index contributed by atoms with van der Waals surface area (Å²) in [5, 5.41) is 9.30. The Labute approximate surface area is 110 Å². The van der Waals surface area contributed by atoms with E-state index < -0.39 is 5.97 Å². The molecule has 1 saturated heterocycles. The molecule has 4 heteroatoms. The Bertz CT molecular complexity index is 300. The summed E-state index contributed by atoms with van der Waals surface area (Å²) < 4.78 is 0. The van der Waals surface area contributed by atoms with Gasteiger partial charge in [-0.25, -0.2) is 0 Å². The number of rotatable bonds is 4. The zero-order valence-corrected chi connectivity index (χ0v) is 11.7. The van der Waals surface area contributed by atoms with Crippen LogP contribution in [-0.4, -0.2) is 59.6 Å². The summed E-state index contributed by atoms with van der Waals surface area (Å²) in [6.45, 7) is 6.40. The van der Waals surface area contributed by atoms with Crippen LogP contribution in [0.25, 0.3) is 0 Å². The number of carboxylic acids is 1. The Balaban J connectivity index is 2.16. The molecule has 0 spiro atoms. The number of aliphatic carboxylic acids is 1. The average molecular weight is 254 g/mol. The van der Waals surface area contributed by atoms with Crippen molar-refractivity contribution in [2.45, 2.75) is 44.6 Å². The van der Waals surface area contributed by atoms with Crippen LogP contribution in [0.4, 0.5) is 0 Å². The zero-order valence-electron chi connectivity index (χ0n) is 11.7. The van der Waals surface area contributed by atoms with Crippen molar-refractivity contribution in [3.63, 3.8) is 0 Å². The fourth-order valence-corrected chi connectivity index (χ4v) is 3.99. The monoisotopic (exact) mass is 254 g/mol. The van der Waals surface area contributed by atoms with Crippen molar-refractivity contribution >= 4 is 5.97 Å². The molecule has 2 rings (SSSR count). The third-order valence-electron chi connectivity index (χ3n) is 5.01. The van der Waals surface area contributed by atoms with Gasteiger partial charge in [0.05, 0.1) is 6.42 Å². The van der Waals surface area contributed by atoms with E-state index in [0.29, 0.717) is 12.3 Å². The lowest BCUT2D eigenvalue weighted by atomic mass is 9.80. The largest absolute Gasteiger partial charge is 0.481 e. The molecule has 0 aromatic rings. The van der Waals surface area contributed by atoms with Crippen molar-refractivity contribution < 1.29 is 9.90 Å². The lowest BCUT2D eigenvalue weighted by Crippen LogP contribution is -2.58. The van der Waals surface area contributed by atoms with E-state index >= 15 is 0 Å². The molecule has 1 saturated carbocycles. The van der Waals surface area contributed by atoms with Crippen LogP contribution in [0, 0.1) is 5.92 Å². The van der Waals surface area contributed by atoms with Gasteiger partial charge in [0.25, 0.3) is 0 Å². The fraction of sp³-hybridized carbons (Fsp3) is 0.929. The first-order chi connectivity index (χ1) is 8.58. The molecule has 2 aliphatic rings. The average Bonchev–Trinajstić information content (AvgIpc) is 2.73. The molecular weight excluding hydrogens is 228 g/mol. The van der Waals surface area contributed by atoms with E-state index in [1.54, 1.807) is 0 Å². The van der Waals surface area contributed by atoms with Crippen molar-refractivity contribution in [3.05, 3.63) is 0 Å². The van der Waals surface area contributed by atoms with E-state index in [2.05, 4.69) is 23.8 Å². The maximum Gasteiger partial charge on any atom is 0.305 e. The number of carboxylic acid groups (broad SMARTS) is 1. The molecule has 1 N–H and O–H groups in total. The second-order valence-electron chi connectivity index (χ2n) is 5.96. The number of likely N-dealkylation sites (N-methyl/N-ethyl adjacent to an activating group) is 1. The highest BCUT2D eigenvalue weighted by Gasteiger charge is 2.48. The van der Waals surface area contributed by atoms with E-state index in [9.17, 15) is 9.90 Å². The summed E-state index contributed by atoms with van der Waals surface area (Å²) in [5.74, 6) is -0.0636. The minimum atomic E-state index is -0.630. The van der Waals surface area contributed by atoms with Crippen LogP contribution in [-0.2, 0) is 4.79 Å².